The van der Waals surface area contributed by atoms with Crippen LogP contribution in [0.3, 0.4) is 0 Å². The molecule has 2 rings (SSSR count). The van der Waals surface area contributed by atoms with E-state index in [1.54, 1.807) is 12.4 Å². The number of hydrogen-bond donors (Lipinski definition) is 1. The van der Waals surface area contributed by atoms with Crippen LogP contribution in [0.2, 0.25) is 0 Å². The van der Waals surface area contributed by atoms with Gasteiger partial charge in [0, 0.05) is 12.5 Å². The van der Waals surface area contributed by atoms with Crippen molar-refractivity contribution in [2.24, 2.45) is 0 Å². The summed E-state index contributed by atoms with van der Waals surface area (Å²) in [5.74, 6) is 2.02. The van der Waals surface area contributed by atoms with Gasteiger partial charge in [-0.3, -0.25) is 0 Å². The van der Waals surface area contributed by atoms with Crippen LogP contribution in [0.15, 0.2) is 12.4 Å². The number of aromatic nitrogens is 2. The Balaban J connectivity index is 1.93. The van der Waals surface area contributed by atoms with Gasteiger partial charge in [-0.05, 0) is 25.8 Å². The van der Waals surface area contributed by atoms with Crippen LogP contribution in [0.5, 0.6) is 5.75 Å². The smallest absolute Gasteiger partial charge is 0.156 e. The van der Waals surface area contributed by atoms with E-state index in [0.29, 0.717) is 5.92 Å². The van der Waals surface area contributed by atoms with Crippen molar-refractivity contribution in [1.29, 1.82) is 0 Å². The molecule has 1 aliphatic rings. The lowest BCUT2D eigenvalue weighted by Crippen LogP contribution is -2.29. The predicted octanol–water partition coefficient (Wildman–Crippen LogP) is 2.12. The first-order valence-electron chi connectivity index (χ1n) is 6.45. The Morgan fingerprint density at radius 1 is 1.29 bits per heavy atom. The summed E-state index contributed by atoms with van der Waals surface area (Å²) < 4.78 is 5.88. The average Bonchev–Trinajstić information content (AvgIpc) is 2.58. The van der Waals surface area contributed by atoms with Gasteiger partial charge in [0.25, 0.3) is 0 Å². The monoisotopic (exact) mass is 235 g/mol. The number of rotatable bonds is 3. The summed E-state index contributed by atoms with van der Waals surface area (Å²) in [4.78, 5) is 8.62. The molecule has 1 fully saturated rings. The summed E-state index contributed by atoms with van der Waals surface area (Å²) in [5, 5.41) is 3.38. The van der Waals surface area contributed by atoms with Crippen LogP contribution in [-0.2, 0) is 0 Å². The second-order valence-electron chi connectivity index (χ2n) is 4.87. The Kier molecular flexibility index (Phi) is 4.31. The van der Waals surface area contributed by atoms with Crippen molar-refractivity contribution < 1.29 is 4.74 Å². The maximum absolute atomic E-state index is 5.88. The molecule has 0 saturated carbocycles. The summed E-state index contributed by atoms with van der Waals surface area (Å²) in [6.07, 6.45) is 7.40. The van der Waals surface area contributed by atoms with Crippen LogP contribution in [0, 0.1) is 0 Å². The van der Waals surface area contributed by atoms with Crippen LogP contribution in [0.1, 0.15) is 44.9 Å². The molecule has 1 atom stereocenters. The van der Waals surface area contributed by atoms with Crippen molar-refractivity contribution in [1.82, 2.24) is 15.3 Å². The van der Waals surface area contributed by atoms with Crippen molar-refractivity contribution in [3.8, 4) is 5.75 Å². The van der Waals surface area contributed by atoms with E-state index in [1.807, 2.05) is 0 Å². The van der Waals surface area contributed by atoms with Gasteiger partial charge in [0.05, 0.1) is 12.4 Å². The molecule has 4 nitrogen and oxygen atoms in total. The molecule has 2 heterocycles. The number of nitrogens with one attached hydrogen (secondary N) is 1. The lowest BCUT2D eigenvalue weighted by Gasteiger charge is -2.16. The van der Waals surface area contributed by atoms with E-state index in [4.69, 9.17) is 4.74 Å². The molecule has 0 amide bonds. The molecular weight excluding hydrogens is 214 g/mol. The Labute approximate surface area is 103 Å². The molecule has 0 aliphatic carbocycles. The molecule has 1 N–H and O–H groups in total. The highest BCUT2D eigenvalue weighted by Gasteiger charge is 2.13. The van der Waals surface area contributed by atoms with Crippen molar-refractivity contribution in [2.45, 2.75) is 45.1 Å². The zero-order valence-electron chi connectivity index (χ0n) is 10.6. The van der Waals surface area contributed by atoms with Crippen molar-refractivity contribution in [3.05, 3.63) is 18.2 Å². The summed E-state index contributed by atoms with van der Waals surface area (Å²) in [6, 6.07) is 0. The second-order valence-corrected chi connectivity index (χ2v) is 4.87. The maximum Gasteiger partial charge on any atom is 0.156 e. The largest absolute Gasteiger partial charge is 0.486 e. The van der Waals surface area contributed by atoms with Gasteiger partial charge in [-0.1, -0.05) is 13.8 Å². The maximum atomic E-state index is 5.88. The van der Waals surface area contributed by atoms with Gasteiger partial charge in [0.1, 0.15) is 11.9 Å². The Hall–Kier alpha value is -1.16. The van der Waals surface area contributed by atoms with Crippen molar-refractivity contribution >= 4 is 0 Å². The molecule has 0 aromatic carbocycles. The quantitative estimate of drug-likeness (QED) is 0.871. The Morgan fingerprint density at radius 3 is 2.76 bits per heavy atom. The van der Waals surface area contributed by atoms with Gasteiger partial charge in [-0.2, -0.15) is 0 Å². The molecule has 17 heavy (non-hydrogen) atoms. The summed E-state index contributed by atoms with van der Waals surface area (Å²) in [7, 11) is 0. The second kappa shape index (κ2) is 5.96. The highest BCUT2D eigenvalue weighted by atomic mass is 16.5. The molecule has 1 aromatic heterocycles. The molecule has 0 radical (unpaired) electrons. The van der Waals surface area contributed by atoms with E-state index in [-0.39, 0.29) is 6.10 Å². The molecule has 1 aromatic rings. The normalized spacial score (nSPS) is 21.2. The molecule has 1 aliphatic heterocycles. The topological polar surface area (TPSA) is 47.0 Å². The van der Waals surface area contributed by atoms with Gasteiger partial charge in [0.2, 0.25) is 0 Å². The third kappa shape index (κ3) is 3.66. The lowest BCUT2D eigenvalue weighted by atomic mass is 10.2. The van der Waals surface area contributed by atoms with E-state index in [9.17, 15) is 0 Å². The minimum Gasteiger partial charge on any atom is -0.486 e. The van der Waals surface area contributed by atoms with Crippen LogP contribution in [-0.4, -0.2) is 29.2 Å². The fraction of sp³-hybridized carbons (Fsp3) is 0.692. The molecule has 0 spiro atoms. The van der Waals surface area contributed by atoms with Crippen LogP contribution in [0.25, 0.3) is 0 Å². The summed E-state index contributed by atoms with van der Waals surface area (Å²) in [5.41, 5.74) is 0. The van der Waals surface area contributed by atoms with Crippen LogP contribution in [0.4, 0.5) is 0 Å². The molecule has 0 bridgehead atoms. The molecule has 4 heteroatoms. The zero-order valence-corrected chi connectivity index (χ0v) is 10.6. The van der Waals surface area contributed by atoms with Crippen LogP contribution >= 0.6 is 0 Å². The average molecular weight is 235 g/mol. The first-order chi connectivity index (χ1) is 8.25. The fourth-order valence-electron chi connectivity index (χ4n) is 1.97. The molecular formula is C13H21N3O. The number of ether oxygens (including phenoxy) is 1. The third-order valence-corrected chi connectivity index (χ3v) is 2.97. The predicted molar refractivity (Wildman–Crippen MR) is 67.3 cm³/mol. The highest BCUT2D eigenvalue weighted by molar-refractivity contribution is 5.13. The molecule has 1 unspecified atom stereocenters. The first kappa shape index (κ1) is 12.3. The van der Waals surface area contributed by atoms with Gasteiger partial charge in [-0.25, -0.2) is 9.97 Å². The summed E-state index contributed by atoms with van der Waals surface area (Å²) in [6.45, 7) is 6.20. The zero-order chi connectivity index (χ0) is 12.1. The van der Waals surface area contributed by atoms with E-state index in [2.05, 4.69) is 29.1 Å². The van der Waals surface area contributed by atoms with Crippen molar-refractivity contribution in [2.75, 3.05) is 13.1 Å². The SMILES string of the molecule is CC(C)c1ncc(OC2CCCCNC2)cn1. The highest BCUT2D eigenvalue weighted by Crippen LogP contribution is 2.16. The Bertz CT molecular complexity index is 329. The van der Waals surface area contributed by atoms with E-state index < -0.39 is 0 Å². The minimum atomic E-state index is 0.256. The first-order valence-corrected chi connectivity index (χ1v) is 6.45. The van der Waals surface area contributed by atoms with Gasteiger partial charge in [-0.15, -0.1) is 0 Å². The van der Waals surface area contributed by atoms with Gasteiger partial charge < -0.3 is 10.1 Å². The molecule has 94 valence electrons. The van der Waals surface area contributed by atoms with Crippen LogP contribution < -0.4 is 10.1 Å². The minimum absolute atomic E-state index is 0.256. The number of hydrogen-bond acceptors (Lipinski definition) is 4. The standard InChI is InChI=1S/C13H21N3O/c1-10(2)13-15-8-12(9-16-13)17-11-5-3-4-6-14-7-11/h8-11,14H,3-7H2,1-2H3. The van der Waals surface area contributed by atoms with E-state index in [0.717, 1.165) is 31.1 Å². The van der Waals surface area contributed by atoms with Gasteiger partial charge in [0.15, 0.2) is 5.75 Å². The lowest BCUT2D eigenvalue weighted by molar-refractivity contribution is 0.193. The molecule has 1 saturated heterocycles. The third-order valence-electron chi connectivity index (χ3n) is 2.97. The van der Waals surface area contributed by atoms with Gasteiger partial charge >= 0.3 is 0 Å². The Morgan fingerprint density at radius 2 is 2.06 bits per heavy atom. The number of nitrogens with zero attached hydrogens (tertiary/aromatic N) is 2. The van der Waals surface area contributed by atoms with Crippen molar-refractivity contribution in [3.63, 3.8) is 0 Å². The fourth-order valence-corrected chi connectivity index (χ4v) is 1.97. The van der Waals surface area contributed by atoms with E-state index in [1.165, 1.54) is 12.8 Å². The summed E-state index contributed by atoms with van der Waals surface area (Å²) >= 11 is 0. The van der Waals surface area contributed by atoms with E-state index >= 15 is 0 Å².